The van der Waals surface area contributed by atoms with E-state index in [1.165, 1.54) is 6.07 Å². The van der Waals surface area contributed by atoms with E-state index in [-0.39, 0.29) is 12.6 Å². The maximum atomic E-state index is 13.5. The van der Waals surface area contributed by atoms with Crippen molar-refractivity contribution < 1.29 is 18.3 Å². The number of carbonyl (C=O) groups is 1. The summed E-state index contributed by atoms with van der Waals surface area (Å²) in [5.41, 5.74) is 6.55. The van der Waals surface area contributed by atoms with E-state index in [0.717, 1.165) is 17.7 Å². The number of nitrogens with two attached hydrogens (primary N) is 1. The van der Waals surface area contributed by atoms with Gasteiger partial charge in [0.1, 0.15) is 5.75 Å². The Morgan fingerprint density at radius 2 is 2.00 bits per heavy atom. The van der Waals surface area contributed by atoms with Crippen molar-refractivity contribution in [1.29, 1.82) is 0 Å². The van der Waals surface area contributed by atoms with Crippen molar-refractivity contribution in [2.75, 3.05) is 13.2 Å². The molecule has 8 heteroatoms. The van der Waals surface area contributed by atoms with Gasteiger partial charge in [0.15, 0.2) is 24.2 Å². The molecule has 0 spiro atoms. The molecule has 1 amide bonds. The lowest BCUT2D eigenvalue weighted by Crippen LogP contribution is -2.38. The van der Waals surface area contributed by atoms with E-state index >= 15 is 0 Å². The third-order valence-electron chi connectivity index (χ3n) is 3.84. The SMILES string of the molecule is CCNC(=NCc1cccc(OCC(N)=O)c1)NC(C)c1ccc(F)c(F)c1. The molecule has 1 atom stereocenters. The number of nitrogens with one attached hydrogen (secondary N) is 2. The number of rotatable bonds is 8. The van der Waals surface area contributed by atoms with E-state index in [0.29, 0.717) is 30.4 Å². The molecule has 1 unspecified atom stereocenters. The number of carbonyl (C=O) groups excluding carboxylic acids is 1. The van der Waals surface area contributed by atoms with Gasteiger partial charge in [0.2, 0.25) is 0 Å². The quantitative estimate of drug-likeness (QED) is 0.478. The largest absolute Gasteiger partial charge is 0.484 e. The summed E-state index contributed by atoms with van der Waals surface area (Å²) >= 11 is 0. The Labute approximate surface area is 162 Å². The third-order valence-corrected chi connectivity index (χ3v) is 3.84. The minimum atomic E-state index is -0.888. The number of halogens is 2. The first-order valence-corrected chi connectivity index (χ1v) is 8.89. The Bertz CT molecular complexity index is 843. The fraction of sp³-hybridized carbons (Fsp3) is 0.300. The molecule has 6 nitrogen and oxygen atoms in total. The lowest BCUT2D eigenvalue weighted by atomic mass is 10.1. The Morgan fingerprint density at radius 1 is 1.21 bits per heavy atom. The molecule has 150 valence electrons. The fourth-order valence-electron chi connectivity index (χ4n) is 2.45. The summed E-state index contributed by atoms with van der Waals surface area (Å²) in [7, 11) is 0. The van der Waals surface area contributed by atoms with Gasteiger partial charge in [-0.3, -0.25) is 4.79 Å². The molecule has 28 heavy (non-hydrogen) atoms. The van der Waals surface area contributed by atoms with Gasteiger partial charge < -0.3 is 21.1 Å². The number of hydrogen-bond acceptors (Lipinski definition) is 3. The first-order chi connectivity index (χ1) is 13.4. The summed E-state index contributed by atoms with van der Waals surface area (Å²) in [4.78, 5) is 15.3. The Balaban J connectivity index is 2.06. The minimum absolute atomic E-state index is 0.192. The van der Waals surface area contributed by atoms with Crippen molar-refractivity contribution in [2.24, 2.45) is 10.7 Å². The van der Waals surface area contributed by atoms with Gasteiger partial charge in [0, 0.05) is 6.54 Å². The average molecular weight is 390 g/mol. The van der Waals surface area contributed by atoms with Crippen LogP contribution in [0.5, 0.6) is 5.75 Å². The van der Waals surface area contributed by atoms with Crippen LogP contribution in [-0.4, -0.2) is 25.0 Å². The van der Waals surface area contributed by atoms with Gasteiger partial charge in [0.25, 0.3) is 5.91 Å². The van der Waals surface area contributed by atoms with Crippen LogP contribution < -0.4 is 21.1 Å². The van der Waals surface area contributed by atoms with Gasteiger partial charge in [-0.25, -0.2) is 13.8 Å². The van der Waals surface area contributed by atoms with Crippen molar-refractivity contribution in [3.8, 4) is 5.75 Å². The van der Waals surface area contributed by atoms with E-state index < -0.39 is 17.5 Å². The van der Waals surface area contributed by atoms with Crippen LogP contribution in [0.4, 0.5) is 8.78 Å². The smallest absolute Gasteiger partial charge is 0.255 e. The molecule has 0 bridgehead atoms. The number of guanidine groups is 1. The second-order valence-electron chi connectivity index (χ2n) is 6.14. The Hall–Kier alpha value is -3.16. The summed E-state index contributed by atoms with van der Waals surface area (Å²) in [6, 6.07) is 10.7. The number of nitrogens with zero attached hydrogens (tertiary/aromatic N) is 1. The highest BCUT2D eigenvalue weighted by Crippen LogP contribution is 2.16. The number of primary amides is 1. The molecule has 0 fully saturated rings. The van der Waals surface area contributed by atoms with Crippen LogP contribution in [0.25, 0.3) is 0 Å². The van der Waals surface area contributed by atoms with E-state index in [1.54, 1.807) is 18.2 Å². The van der Waals surface area contributed by atoms with Gasteiger partial charge in [0.05, 0.1) is 12.6 Å². The second-order valence-corrected chi connectivity index (χ2v) is 6.14. The molecule has 4 N–H and O–H groups in total. The van der Waals surface area contributed by atoms with E-state index in [9.17, 15) is 13.6 Å². The van der Waals surface area contributed by atoms with Crippen molar-refractivity contribution in [3.05, 3.63) is 65.2 Å². The highest BCUT2D eigenvalue weighted by atomic mass is 19.2. The van der Waals surface area contributed by atoms with E-state index in [2.05, 4.69) is 15.6 Å². The fourth-order valence-corrected chi connectivity index (χ4v) is 2.45. The molecule has 0 saturated carbocycles. The lowest BCUT2D eigenvalue weighted by Gasteiger charge is -2.18. The van der Waals surface area contributed by atoms with Crippen molar-refractivity contribution in [3.63, 3.8) is 0 Å². The number of amides is 1. The van der Waals surface area contributed by atoms with Crippen molar-refractivity contribution in [2.45, 2.75) is 26.4 Å². The molecule has 0 aliphatic carbocycles. The summed E-state index contributed by atoms with van der Waals surface area (Å²) in [6.07, 6.45) is 0. The van der Waals surface area contributed by atoms with E-state index in [4.69, 9.17) is 10.5 Å². The summed E-state index contributed by atoms with van der Waals surface area (Å²) in [5, 5.41) is 6.28. The summed E-state index contributed by atoms with van der Waals surface area (Å²) in [6.45, 7) is 4.56. The Kier molecular flexibility index (Phi) is 7.74. The topological polar surface area (TPSA) is 88.7 Å². The number of ether oxygens (including phenoxy) is 1. The number of aliphatic imine (C=N–C) groups is 1. The van der Waals surface area contributed by atoms with Crippen LogP contribution >= 0.6 is 0 Å². The Morgan fingerprint density at radius 3 is 2.68 bits per heavy atom. The zero-order valence-electron chi connectivity index (χ0n) is 15.8. The zero-order chi connectivity index (χ0) is 20.5. The molecule has 0 aliphatic rings. The molecule has 0 heterocycles. The molecule has 2 aromatic carbocycles. The molecule has 2 rings (SSSR count). The van der Waals surface area contributed by atoms with Crippen LogP contribution in [0, 0.1) is 11.6 Å². The highest BCUT2D eigenvalue weighted by Gasteiger charge is 2.11. The van der Waals surface area contributed by atoms with Crippen LogP contribution in [0.15, 0.2) is 47.5 Å². The van der Waals surface area contributed by atoms with Crippen LogP contribution in [0.2, 0.25) is 0 Å². The van der Waals surface area contributed by atoms with Crippen LogP contribution in [0.1, 0.15) is 31.0 Å². The maximum Gasteiger partial charge on any atom is 0.255 e. The first-order valence-electron chi connectivity index (χ1n) is 8.89. The molecule has 0 radical (unpaired) electrons. The first kappa shape index (κ1) is 21.1. The van der Waals surface area contributed by atoms with Gasteiger partial charge >= 0.3 is 0 Å². The van der Waals surface area contributed by atoms with Crippen LogP contribution in [0.3, 0.4) is 0 Å². The van der Waals surface area contributed by atoms with Gasteiger partial charge in [-0.05, 0) is 49.2 Å². The molecule has 0 saturated heterocycles. The minimum Gasteiger partial charge on any atom is -0.484 e. The predicted molar refractivity (Wildman–Crippen MR) is 104 cm³/mol. The molecule has 0 aromatic heterocycles. The summed E-state index contributed by atoms with van der Waals surface area (Å²) < 4.78 is 31.9. The maximum absolute atomic E-state index is 13.5. The standard InChI is InChI=1S/C20H24F2N4O2/c1-3-24-20(26-13(2)15-7-8-17(21)18(22)10-15)25-11-14-5-4-6-16(9-14)28-12-19(23)27/h4-10,13H,3,11-12H2,1-2H3,(H2,23,27)(H2,24,25,26). The molecular weight excluding hydrogens is 366 g/mol. The molecular formula is C20H24F2N4O2. The van der Waals surface area contributed by atoms with Crippen molar-refractivity contribution >= 4 is 11.9 Å². The second kappa shape index (κ2) is 10.2. The predicted octanol–water partition coefficient (Wildman–Crippen LogP) is 2.65. The summed E-state index contributed by atoms with van der Waals surface area (Å²) in [5.74, 6) is -1.26. The third kappa shape index (κ3) is 6.53. The normalized spacial score (nSPS) is 12.4. The molecule has 0 aliphatic heterocycles. The lowest BCUT2D eigenvalue weighted by molar-refractivity contribution is -0.119. The van der Waals surface area contributed by atoms with E-state index in [1.807, 2.05) is 19.9 Å². The monoisotopic (exact) mass is 390 g/mol. The zero-order valence-corrected chi connectivity index (χ0v) is 15.8. The van der Waals surface area contributed by atoms with Gasteiger partial charge in [-0.2, -0.15) is 0 Å². The molecule has 2 aromatic rings. The van der Waals surface area contributed by atoms with Gasteiger partial charge in [-0.15, -0.1) is 0 Å². The number of benzene rings is 2. The van der Waals surface area contributed by atoms with Crippen LogP contribution in [-0.2, 0) is 11.3 Å². The van der Waals surface area contributed by atoms with Gasteiger partial charge in [-0.1, -0.05) is 18.2 Å². The average Bonchev–Trinajstić information content (AvgIpc) is 2.67. The number of hydrogen-bond donors (Lipinski definition) is 3. The highest BCUT2D eigenvalue weighted by molar-refractivity contribution is 5.80. The van der Waals surface area contributed by atoms with Crippen molar-refractivity contribution in [1.82, 2.24) is 10.6 Å².